The number of halogens is 2. The first-order valence-corrected chi connectivity index (χ1v) is 12.4. The maximum atomic E-state index is 15.3. The summed E-state index contributed by atoms with van der Waals surface area (Å²) in [5, 5.41) is 2.96. The van der Waals surface area contributed by atoms with E-state index in [1.165, 1.54) is 29.3 Å². The number of benzene rings is 2. The average molecular weight is 487 g/mol. The maximum Gasteiger partial charge on any atom is 0.255 e. The summed E-state index contributed by atoms with van der Waals surface area (Å²) in [5.41, 5.74) is 0.911. The molecule has 172 valence electrons. The molecule has 12 heteroatoms. The number of fused-ring (bicyclic) bond motifs is 2. The zero-order valence-electron chi connectivity index (χ0n) is 18.8. The first kappa shape index (κ1) is 23.2. The monoisotopic (exact) mass is 487 g/mol. The number of carbonyl (C=O) groups is 1. The SMILES string of the molecule is [B]C1([B])c2ncccc2C(=O)N1Cc1c(F)cc(-c2ccc(S(C)(=N)=O)c3nn(C)cc23)cc1F. The summed E-state index contributed by atoms with van der Waals surface area (Å²) in [5.74, 6) is -2.37. The van der Waals surface area contributed by atoms with Gasteiger partial charge in [0, 0.05) is 42.0 Å². The number of nitrogens with one attached hydrogen (secondary N) is 1. The lowest BCUT2D eigenvalue weighted by atomic mass is 9.59. The highest BCUT2D eigenvalue weighted by Crippen LogP contribution is 2.37. The third kappa shape index (κ3) is 3.63. The first-order chi connectivity index (χ1) is 16.4. The minimum absolute atomic E-state index is 0.128. The molecule has 1 unspecified atom stereocenters. The van der Waals surface area contributed by atoms with Gasteiger partial charge in [-0.15, -0.1) is 0 Å². The number of rotatable bonds is 4. The summed E-state index contributed by atoms with van der Waals surface area (Å²) in [7, 11) is 10.8. The van der Waals surface area contributed by atoms with E-state index in [1.807, 2.05) is 0 Å². The maximum absolute atomic E-state index is 15.3. The van der Waals surface area contributed by atoms with Crippen LogP contribution in [0.5, 0.6) is 0 Å². The van der Waals surface area contributed by atoms with Gasteiger partial charge in [0.2, 0.25) is 0 Å². The predicted molar refractivity (Wildman–Crippen MR) is 128 cm³/mol. The van der Waals surface area contributed by atoms with Crippen LogP contribution in [-0.4, -0.2) is 51.7 Å². The molecule has 0 saturated heterocycles. The van der Waals surface area contributed by atoms with Crippen LogP contribution in [0.15, 0.2) is 53.7 Å². The van der Waals surface area contributed by atoms with Crippen molar-refractivity contribution in [2.24, 2.45) is 7.05 Å². The molecule has 1 atom stereocenters. The van der Waals surface area contributed by atoms with Crippen molar-refractivity contribution in [3.05, 3.63) is 77.2 Å². The van der Waals surface area contributed by atoms with Gasteiger partial charge in [0.15, 0.2) is 0 Å². The van der Waals surface area contributed by atoms with Gasteiger partial charge in [0.1, 0.15) is 17.2 Å². The largest absolute Gasteiger partial charge is 0.340 e. The second kappa shape index (κ2) is 7.74. The molecule has 0 aliphatic carbocycles. The first-order valence-electron chi connectivity index (χ1n) is 10.4. The molecule has 5 rings (SSSR count). The van der Waals surface area contributed by atoms with E-state index < -0.39 is 39.2 Å². The number of pyridine rings is 1. The lowest BCUT2D eigenvalue weighted by Crippen LogP contribution is -2.45. The van der Waals surface area contributed by atoms with Crippen LogP contribution >= 0.6 is 0 Å². The van der Waals surface area contributed by atoms with Gasteiger partial charge in [-0.3, -0.25) is 14.5 Å². The second-order valence-corrected chi connectivity index (χ2v) is 10.7. The van der Waals surface area contributed by atoms with E-state index in [4.69, 9.17) is 20.5 Å². The highest BCUT2D eigenvalue weighted by molar-refractivity contribution is 7.92. The highest BCUT2D eigenvalue weighted by Gasteiger charge is 2.43. The number of aryl methyl sites for hydroxylation is 1. The number of nitrogens with zero attached hydrogens (tertiary/aromatic N) is 4. The van der Waals surface area contributed by atoms with Crippen LogP contribution in [0.4, 0.5) is 8.78 Å². The van der Waals surface area contributed by atoms with E-state index in [0.717, 1.165) is 17.0 Å². The molecule has 2 aromatic heterocycles. The molecular formula is C23H17B2F2N5O2S. The fraction of sp³-hybridized carbons (Fsp3) is 0.174. The smallest absolute Gasteiger partial charge is 0.255 e. The van der Waals surface area contributed by atoms with E-state index in [9.17, 15) is 9.00 Å². The van der Waals surface area contributed by atoms with Crippen molar-refractivity contribution in [3.63, 3.8) is 0 Å². The lowest BCUT2D eigenvalue weighted by molar-refractivity contribution is 0.0727. The summed E-state index contributed by atoms with van der Waals surface area (Å²) in [6, 6.07) is 8.38. The molecule has 7 nitrogen and oxygen atoms in total. The molecule has 4 aromatic rings. The average Bonchev–Trinajstić information content (AvgIpc) is 3.25. The molecule has 1 N–H and O–H groups in total. The van der Waals surface area contributed by atoms with Gasteiger partial charge in [0.25, 0.3) is 5.91 Å². The number of amides is 1. The third-order valence-corrected chi connectivity index (χ3v) is 7.22. The fourth-order valence-corrected chi connectivity index (χ4v) is 5.22. The molecule has 35 heavy (non-hydrogen) atoms. The number of carbonyl (C=O) groups excluding carboxylic acids is 1. The van der Waals surface area contributed by atoms with Crippen LogP contribution in [0, 0.1) is 16.4 Å². The van der Waals surface area contributed by atoms with Crippen LogP contribution in [0.3, 0.4) is 0 Å². The molecule has 4 radical (unpaired) electrons. The topological polar surface area (TPSA) is 91.9 Å². The summed E-state index contributed by atoms with van der Waals surface area (Å²) >= 11 is 0. The molecule has 1 aliphatic heterocycles. The Bertz CT molecular complexity index is 1630. The quantitative estimate of drug-likeness (QED) is 0.449. The highest BCUT2D eigenvalue weighted by atomic mass is 32.2. The van der Waals surface area contributed by atoms with Crippen LogP contribution in [0.25, 0.3) is 22.0 Å². The Kier molecular flexibility index (Phi) is 5.14. The van der Waals surface area contributed by atoms with Gasteiger partial charge >= 0.3 is 0 Å². The minimum atomic E-state index is -3.08. The summed E-state index contributed by atoms with van der Waals surface area (Å²) in [4.78, 5) is 18.1. The third-order valence-electron chi connectivity index (χ3n) is 6.05. The molecule has 0 bridgehead atoms. The van der Waals surface area contributed by atoms with Crippen molar-refractivity contribution in [1.29, 1.82) is 4.78 Å². The molecule has 1 amide bonds. The number of hydrogen-bond donors (Lipinski definition) is 1. The van der Waals surface area contributed by atoms with Crippen molar-refractivity contribution >= 4 is 42.2 Å². The van der Waals surface area contributed by atoms with Crippen LogP contribution in [-0.2, 0) is 28.7 Å². The normalized spacial score (nSPS) is 16.5. The van der Waals surface area contributed by atoms with Gasteiger partial charge in [-0.25, -0.2) is 17.8 Å². The predicted octanol–water partition coefficient (Wildman–Crippen LogP) is 3.05. The van der Waals surface area contributed by atoms with Gasteiger partial charge in [-0.05, 0) is 41.5 Å². The van der Waals surface area contributed by atoms with Crippen molar-refractivity contribution in [3.8, 4) is 11.1 Å². The van der Waals surface area contributed by atoms with Gasteiger partial charge in [-0.2, -0.15) is 5.10 Å². The second-order valence-electron chi connectivity index (χ2n) is 8.55. The minimum Gasteiger partial charge on any atom is -0.340 e. The molecule has 0 saturated carbocycles. The van der Waals surface area contributed by atoms with Gasteiger partial charge in [-0.1, -0.05) is 6.07 Å². The van der Waals surface area contributed by atoms with Gasteiger partial charge in [0.05, 0.1) is 48.1 Å². The Morgan fingerprint density at radius 3 is 2.46 bits per heavy atom. The van der Waals surface area contributed by atoms with Crippen LogP contribution in [0.1, 0.15) is 21.6 Å². The van der Waals surface area contributed by atoms with Crippen molar-refractivity contribution in [2.75, 3.05) is 6.26 Å². The lowest BCUT2D eigenvalue weighted by Gasteiger charge is -2.33. The Morgan fingerprint density at radius 1 is 1.14 bits per heavy atom. The van der Waals surface area contributed by atoms with E-state index in [0.29, 0.717) is 16.5 Å². The van der Waals surface area contributed by atoms with E-state index in [2.05, 4.69) is 10.1 Å². The zero-order chi connectivity index (χ0) is 25.3. The Labute approximate surface area is 202 Å². The molecular weight excluding hydrogens is 470 g/mol. The Balaban J connectivity index is 1.57. The van der Waals surface area contributed by atoms with Crippen molar-refractivity contribution in [1.82, 2.24) is 19.7 Å². The zero-order valence-corrected chi connectivity index (χ0v) is 19.6. The Hall–Kier alpha value is -3.53. The number of aromatic nitrogens is 3. The summed E-state index contributed by atoms with van der Waals surface area (Å²) in [6.07, 6.45) is 4.35. The molecule has 0 spiro atoms. The fourth-order valence-electron chi connectivity index (χ4n) is 4.37. The standard InChI is InChI=1S/C23H17B2F2N5O2S/c1-31-10-15-13(5-6-19(20(15)30-31)35(2,28)34)12-8-17(26)16(18(27)9-12)11-32-22(33)14-4-3-7-29-21(14)23(32,24)25/h3-10,28H,11H2,1-2H3. The van der Waals surface area contributed by atoms with Gasteiger partial charge < -0.3 is 4.90 Å². The van der Waals surface area contributed by atoms with Crippen molar-refractivity contribution < 1.29 is 17.8 Å². The summed E-state index contributed by atoms with van der Waals surface area (Å²) < 4.78 is 52.3. The van der Waals surface area contributed by atoms with Crippen molar-refractivity contribution in [2.45, 2.75) is 16.8 Å². The number of hydrogen-bond acceptors (Lipinski definition) is 5. The van der Waals surface area contributed by atoms with Crippen LogP contribution in [0.2, 0.25) is 0 Å². The van der Waals surface area contributed by atoms with E-state index in [1.54, 1.807) is 25.4 Å². The molecule has 2 aromatic carbocycles. The summed E-state index contributed by atoms with van der Waals surface area (Å²) in [6.45, 7) is -0.502. The van der Waals surface area contributed by atoms with E-state index >= 15 is 8.78 Å². The molecule has 1 aliphatic rings. The molecule has 3 heterocycles. The molecule has 0 fully saturated rings. The Morgan fingerprint density at radius 2 is 1.83 bits per heavy atom. The van der Waals surface area contributed by atoms with E-state index in [-0.39, 0.29) is 27.3 Å². The van der Waals surface area contributed by atoms with Crippen LogP contribution < -0.4 is 0 Å².